The molecule has 1 aliphatic carbocycles. The Morgan fingerprint density at radius 3 is 2.47 bits per heavy atom. The van der Waals surface area contributed by atoms with Crippen LogP contribution in [0.2, 0.25) is 0 Å². The van der Waals surface area contributed by atoms with E-state index in [1.807, 2.05) is 0 Å². The molecular weight excluding hydrogens is 215 g/mol. The van der Waals surface area contributed by atoms with Crippen LogP contribution in [0.1, 0.15) is 48.5 Å². The fraction of sp³-hybridized carbons (Fsp3) is 0.533. The van der Waals surface area contributed by atoms with E-state index in [1.54, 1.807) is 19.1 Å². The number of carbonyl (C=O) groups excluding carboxylic acids is 1. The third-order valence-corrected chi connectivity index (χ3v) is 3.83. The zero-order valence-electron chi connectivity index (χ0n) is 10.5. The highest BCUT2D eigenvalue weighted by Gasteiger charge is 2.25. The highest BCUT2D eigenvalue weighted by molar-refractivity contribution is 5.98. The van der Waals surface area contributed by atoms with Crippen molar-refractivity contribution in [1.82, 2.24) is 0 Å². The van der Waals surface area contributed by atoms with Crippen LogP contribution < -0.4 is 0 Å². The van der Waals surface area contributed by atoms with Gasteiger partial charge in [-0.3, -0.25) is 4.79 Å². The Labute approximate surface area is 102 Å². The van der Waals surface area contributed by atoms with Crippen molar-refractivity contribution in [1.29, 1.82) is 0 Å². The van der Waals surface area contributed by atoms with E-state index in [9.17, 15) is 9.18 Å². The molecule has 0 bridgehead atoms. The largest absolute Gasteiger partial charge is 0.294 e. The fourth-order valence-electron chi connectivity index (χ4n) is 2.56. The molecule has 0 heterocycles. The summed E-state index contributed by atoms with van der Waals surface area (Å²) in [6.45, 7) is 3.94. The van der Waals surface area contributed by atoms with E-state index >= 15 is 0 Å². The lowest BCUT2D eigenvalue weighted by atomic mass is 9.79. The van der Waals surface area contributed by atoms with E-state index in [2.05, 4.69) is 6.92 Å². The van der Waals surface area contributed by atoms with Gasteiger partial charge in [-0.15, -0.1) is 0 Å². The minimum absolute atomic E-state index is 0.149. The molecule has 0 N–H and O–H groups in total. The van der Waals surface area contributed by atoms with Crippen molar-refractivity contribution in [3.8, 4) is 0 Å². The number of rotatable bonds is 2. The van der Waals surface area contributed by atoms with E-state index in [4.69, 9.17) is 0 Å². The molecule has 0 aliphatic heterocycles. The van der Waals surface area contributed by atoms with E-state index in [0.717, 1.165) is 31.6 Å². The summed E-state index contributed by atoms with van der Waals surface area (Å²) < 4.78 is 13.1. The van der Waals surface area contributed by atoms with Gasteiger partial charge in [-0.2, -0.15) is 0 Å². The lowest BCUT2D eigenvalue weighted by Crippen LogP contribution is -2.21. The minimum atomic E-state index is -0.237. The summed E-state index contributed by atoms with van der Waals surface area (Å²) in [6.07, 6.45) is 4.24. The first-order chi connectivity index (χ1) is 8.08. The van der Waals surface area contributed by atoms with Crippen LogP contribution in [0.25, 0.3) is 0 Å². The van der Waals surface area contributed by atoms with Crippen molar-refractivity contribution in [2.24, 2.45) is 11.8 Å². The second-order valence-corrected chi connectivity index (χ2v) is 5.29. The molecule has 2 rings (SSSR count). The molecule has 0 amide bonds. The van der Waals surface area contributed by atoms with Gasteiger partial charge in [0.25, 0.3) is 0 Å². The van der Waals surface area contributed by atoms with Crippen LogP contribution in [0.15, 0.2) is 18.2 Å². The molecule has 0 aromatic heterocycles. The van der Waals surface area contributed by atoms with Crippen molar-refractivity contribution in [2.45, 2.75) is 39.5 Å². The summed E-state index contributed by atoms with van der Waals surface area (Å²) in [5.41, 5.74) is 1.23. The van der Waals surface area contributed by atoms with Crippen LogP contribution in [0.3, 0.4) is 0 Å². The Morgan fingerprint density at radius 1 is 1.24 bits per heavy atom. The number of aryl methyl sites for hydroxylation is 1. The molecule has 1 aromatic carbocycles. The molecule has 0 saturated heterocycles. The quantitative estimate of drug-likeness (QED) is 0.703. The monoisotopic (exact) mass is 234 g/mol. The zero-order valence-corrected chi connectivity index (χ0v) is 10.5. The molecule has 1 aliphatic rings. The lowest BCUT2D eigenvalue weighted by molar-refractivity contribution is 0.0875. The van der Waals surface area contributed by atoms with Gasteiger partial charge in [0, 0.05) is 11.5 Å². The van der Waals surface area contributed by atoms with E-state index in [-0.39, 0.29) is 17.5 Å². The molecule has 1 nitrogen and oxygen atoms in total. The highest BCUT2D eigenvalue weighted by Crippen LogP contribution is 2.30. The predicted molar refractivity (Wildman–Crippen MR) is 66.6 cm³/mol. The number of hydrogen-bond acceptors (Lipinski definition) is 1. The normalized spacial score (nSPS) is 24.6. The van der Waals surface area contributed by atoms with Crippen LogP contribution in [0.5, 0.6) is 0 Å². The molecule has 0 spiro atoms. The van der Waals surface area contributed by atoms with Crippen molar-refractivity contribution >= 4 is 5.78 Å². The number of benzene rings is 1. The van der Waals surface area contributed by atoms with Gasteiger partial charge in [-0.25, -0.2) is 4.39 Å². The summed E-state index contributed by atoms with van der Waals surface area (Å²) >= 11 is 0. The SMILES string of the molecule is Cc1cc(C(=O)C2CCC(C)CC2)ccc1F. The van der Waals surface area contributed by atoms with Gasteiger partial charge in [0.05, 0.1) is 0 Å². The van der Waals surface area contributed by atoms with Crippen LogP contribution in [-0.2, 0) is 0 Å². The summed E-state index contributed by atoms with van der Waals surface area (Å²) in [4.78, 5) is 12.2. The number of ketones is 1. The molecule has 1 aromatic rings. The first kappa shape index (κ1) is 12.3. The van der Waals surface area contributed by atoms with E-state index in [1.165, 1.54) is 6.07 Å². The second kappa shape index (κ2) is 4.99. The van der Waals surface area contributed by atoms with Gasteiger partial charge in [-0.05, 0) is 49.4 Å². The molecule has 0 unspecified atom stereocenters. The zero-order chi connectivity index (χ0) is 12.4. The maximum absolute atomic E-state index is 13.1. The summed E-state index contributed by atoms with van der Waals surface area (Å²) in [6, 6.07) is 4.69. The molecule has 2 heteroatoms. The van der Waals surface area contributed by atoms with E-state index in [0.29, 0.717) is 11.1 Å². The second-order valence-electron chi connectivity index (χ2n) is 5.29. The maximum atomic E-state index is 13.1. The number of Topliss-reactive ketones (excluding diaryl/α,β-unsaturated/α-hetero) is 1. The average Bonchev–Trinajstić information content (AvgIpc) is 2.33. The van der Waals surface area contributed by atoms with Gasteiger partial charge in [0.1, 0.15) is 5.82 Å². The first-order valence-corrected chi connectivity index (χ1v) is 6.38. The Bertz CT molecular complexity index is 417. The molecule has 92 valence electrons. The van der Waals surface area contributed by atoms with Crippen LogP contribution in [0.4, 0.5) is 4.39 Å². The van der Waals surface area contributed by atoms with Crippen LogP contribution in [-0.4, -0.2) is 5.78 Å². The molecule has 0 atom stereocenters. The van der Waals surface area contributed by atoms with Gasteiger partial charge in [-0.1, -0.05) is 19.8 Å². The Morgan fingerprint density at radius 2 is 1.88 bits per heavy atom. The molecule has 0 radical (unpaired) electrons. The van der Waals surface area contributed by atoms with E-state index < -0.39 is 0 Å². The third-order valence-electron chi connectivity index (χ3n) is 3.83. The Balaban J connectivity index is 2.11. The fourth-order valence-corrected chi connectivity index (χ4v) is 2.56. The smallest absolute Gasteiger partial charge is 0.165 e. The highest BCUT2D eigenvalue weighted by atomic mass is 19.1. The van der Waals surface area contributed by atoms with Crippen molar-refractivity contribution < 1.29 is 9.18 Å². The Hall–Kier alpha value is -1.18. The maximum Gasteiger partial charge on any atom is 0.165 e. The number of hydrogen-bond donors (Lipinski definition) is 0. The van der Waals surface area contributed by atoms with Crippen LogP contribution >= 0.6 is 0 Å². The first-order valence-electron chi connectivity index (χ1n) is 6.38. The number of carbonyl (C=O) groups is 1. The molecule has 17 heavy (non-hydrogen) atoms. The van der Waals surface area contributed by atoms with Gasteiger partial charge in [0.2, 0.25) is 0 Å². The summed E-state index contributed by atoms with van der Waals surface area (Å²) in [5, 5.41) is 0. The van der Waals surface area contributed by atoms with Crippen molar-refractivity contribution in [2.75, 3.05) is 0 Å². The number of halogens is 1. The van der Waals surface area contributed by atoms with Gasteiger partial charge < -0.3 is 0 Å². The summed E-state index contributed by atoms with van der Waals surface area (Å²) in [5.74, 6) is 0.851. The summed E-state index contributed by atoms with van der Waals surface area (Å²) in [7, 11) is 0. The average molecular weight is 234 g/mol. The molecular formula is C15H19FO. The predicted octanol–water partition coefficient (Wildman–Crippen LogP) is 4.14. The third kappa shape index (κ3) is 2.74. The minimum Gasteiger partial charge on any atom is -0.294 e. The standard InChI is InChI=1S/C15H19FO/c1-10-3-5-12(6-4-10)15(17)13-7-8-14(16)11(2)9-13/h7-10,12H,3-6H2,1-2H3. The lowest BCUT2D eigenvalue weighted by Gasteiger charge is -2.25. The molecule has 1 saturated carbocycles. The molecule has 1 fully saturated rings. The Kier molecular flexibility index (Phi) is 3.60. The van der Waals surface area contributed by atoms with Crippen LogP contribution in [0, 0.1) is 24.6 Å². The van der Waals surface area contributed by atoms with Crippen molar-refractivity contribution in [3.05, 3.63) is 35.1 Å². The topological polar surface area (TPSA) is 17.1 Å². The van der Waals surface area contributed by atoms with Crippen molar-refractivity contribution in [3.63, 3.8) is 0 Å². The van der Waals surface area contributed by atoms with Gasteiger partial charge in [0.15, 0.2) is 5.78 Å². The van der Waals surface area contributed by atoms with Gasteiger partial charge >= 0.3 is 0 Å².